The third-order valence-electron chi connectivity index (χ3n) is 4.52. The molecule has 0 amide bonds. The van der Waals surface area contributed by atoms with E-state index in [1.54, 1.807) is 0 Å². The molecule has 0 atom stereocenters. The number of aromatic nitrogens is 4. The number of hydrogen-bond acceptors (Lipinski definition) is 5. The van der Waals surface area contributed by atoms with Crippen LogP contribution in [0.2, 0.25) is 0 Å². The number of nitrogens with zero attached hydrogens (tertiary/aromatic N) is 6. The van der Waals surface area contributed by atoms with E-state index in [-0.39, 0.29) is 0 Å². The van der Waals surface area contributed by atoms with Crippen molar-refractivity contribution in [1.29, 1.82) is 0 Å². The minimum Gasteiger partial charge on any atom is -0.353 e. The Labute approximate surface area is 138 Å². The average molecular weight is 314 g/mol. The highest BCUT2D eigenvalue weighted by atomic mass is 15.3. The second kappa shape index (κ2) is 7.08. The summed E-state index contributed by atoms with van der Waals surface area (Å²) in [7, 11) is 0. The van der Waals surface area contributed by atoms with Crippen molar-refractivity contribution in [2.45, 2.75) is 33.7 Å². The summed E-state index contributed by atoms with van der Waals surface area (Å²) in [6, 6.07) is 0. The highest BCUT2D eigenvalue weighted by molar-refractivity contribution is 5.43. The molecule has 0 unspecified atom stereocenters. The van der Waals surface area contributed by atoms with E-state index in [1.165, 1.54) is 6.42 Å². The lowest BCUT2D eigenvalue weighted by Gasteiger charge is -2.35. The highest BCUT2D eigenvalue weighted by Crippen LogP contribution is 2.17. The van der Waals surface area contributed by atoms with Gasteiger partial charge in [-0.15, -0.1) is 0 Å². The molecule has 2 aromatic rings. The lowest BCUT2D eigenvalue weighted by Crippen LogP contribution is -2.47. The van der Waals surface area contributed by atoms with Crippen LogP contribution in [0, 0.1) is 20.8 Å². The van der Waals surface area contributed by atoms with Crippen LogP contribution < -0.4 is 4.90 Å². The van der Waals surface area contributed by atoms with Gasteiger partial charge in [-0.3, -0.25) is 9.88 Å². The van der Waals surface area contributed by atoms with Gasteiger partial charge in [-0.2, -0.15) is 0 Å². The average Bonchev–Trinajstić information content (AvgIpc) is 2.96. The van der Waals surface area contributed by atoms with Gasteiger partial charge in [0.25, 0.3) is 0 Å². The molecule has 0 saturated carbocycles. The number of hydrogen-bond donors (Lipinski definition) is 0. The van der Waals surface area contributed by atoms with E-state index in [9.17, 15) is 0 Å². The SMILES string of the molecule is Cc1cnc(C)c(N2CCN(CCCn3ccnc3C)CC2)n1. The number of anilines is 1. The van der Waals surface area contributed by atoms with E-state index in [4.69, 9.17) is 0 Å². The Kier molecular flexibility index (Phi) is 4.91. The maximum Gasteiger partial charge on any atom is 0.150 e. The zero-order valence-electron chi connectivity index (χ0n) is 14.4. The Bertz CT molecular complexity index is 642. The fourth-order valence-electron chi connectivity index (χ4n) is 3.11. The molecule has 1 fully saturated rings. The maximum absolute atomic E-state index is 4.66. The van der Waals surface area contributed by atoms with Gasteiger partial charge in [0.2, 0.25) is 0 Å². The predicted molar refractivity (Wildman–Crippen MR) is 91.7 cm³/mol. The van der Waals surface area contributed by atoms with Gasteiger partial charge >= 0.3 is 0 Å². The summed E-state index contributed by atoms with van der Waals surface area (Å²) in [4.78, 5) is 18.3. The van der Waals surface area contributed by atoms with Gasteiger partial charge in [-0.05, 0) is 33.7 Å². The molecule has 2 aromatic heterocycles. The van der Waals surface area contributed by atoms with Crippen molar-refractivity contribution in [3.05, 3.63) is 35.8 Å². The molecule has 6 heteroatoms. The van der Waals surface area contributed by atoms with Crippen LogP contribution in [0.3, 0.4) is 0 Å². The molecule has 0 aromatic carbocycles. The van der Waals surface area contributed by atoms with Gasteiger partial charge in [0.1, 0.15) is 11.6 Å². The molecule has 1 aliphatic heterocycles. The quantitative estimate of drug-likeness (QED) is 0.842. The largest absolute Gasteiger partial charge is 0.353 e. The zero-order valence-corrected chi connectivity index (χ0v) is 14.4. The lowest BCUT2D eigenvalue weighted by molar-refractivity contribution is 0.249. The van der Waals surface area contributed by atoms with Crippen molar-refractivity contribution in [1.82, 2.24) is 24.4 Å². The van der Waals surface area contributed by atoms with E-state index < -0.39 is 0 Å². The topological polar surface area (TPSA) is 50.1 Å². The molecule has 0 radical (unpaired) electrons. The Balaban J connectivity index is 1.47. The van der Waals surface area contributed by atoms with Gasteiger partial charge < -0.3 is 9.47 Å². The minimum absolute atomic E-state index is 0.990. The molecule has 124 valence electrons. The molecule has 0 bridgehead atoms. The van der Waals surface area contributed by atoms with E-state index in [0.717, 1.165) is 62.3 Å². The Morgan fingerprint density at radius 1 is 1.00 bits per heavy atom. The van der Waals surface area contributed by atoms with Crippen LogP contribution in [0.1, 0.15) is 23.6 Å². The van der Waals surface area contributed by atoms with E-state index in [1.807, 2.05) is 26.2 Å². The van der Waals surface area contributed by atoms with E-state index >= 15 is 0 Å². The molecule has 1 aliphatic rings. The molecule has 0 N–H and O–H groups in total. The van der Waals surface area contributed by atoms with Crippen LogP contribution in [0.15, 0.2) is 18.6 Å². The Morgan fingerprint density at radius 2 is 1.78 bits per heavy atom. The van der Waals surface area contributed by atoms with Crippen LogP contribution in [0.5, 0.6) is 0 Å². The lowest BCUT2D eigenvalue weighted by atomic mass is 10.2. The fourth-order valence-corrected chi connectivity index (χ4v) is 3.11. The summed E-state index contributed by atoms with van der Waals surface area (Å²) in [6.45, 7) is 12.6. The van der Waals surface area contributed by atoms with Crippen molar-refractivity contribution in [3.8, 4) is 0 Å². The van der Waals surface area contributed by atoms with Gasteiger partial charge in [0.15, 0.2) is 0 Å². The van der Waals surface area contributed by atoms with E-state index in [0.29, 0.717) is 0 Å². The summed E-state index contributed by atoms with van der Waals surface area (Å²) in [5, 5.41) is 0. The van der Waals surface area contributed by atoms with E-state index in [2.05, 4.69) is 42.4 Å². The van der Waals surface area contributed by atoms with Gasteiger partial charge in [0, 0.05) is 51.3 Å². The summed E-state index contributed by atoms with van der Waals surface area (Å²) in [6.07, 6.45) is 6.94. The van der Waals surface area contributed by atoms with Crippen molar-refractivity contribution < 1.29 is 0 Å². The summed E-state index contributed by atoms with van der Waals surface area (Å²) in [5.74, 6) is 2.15. The highest BCUT2D eigenvalue weighted by Gasteiger charge is 2.19. The number of rotatable bonds is 5. The van der Waals surface area contributed by atoms with Crippen LogP contribution in [0.25, 0.3) is 0 Å². The van der Waals surface area contributed by atoms with Crippen LogP contribution in [0.4, 0.5) is 5.82 Å². The van der Waals surface area contributed by atoms with Gasteiger partial charge in [-0.1, -0.05) is 0 Å². The number of aryl methyl sites for hydroxylation is 4. The smallest absolute Gasteiger partial charge is 0.150 e. The number of imidazole rings is 1. The third kappa shape index (κ3) is 3.88. The summed E-state index contributed by atoms with van der Waals surface area (Å²) >= 11 is 0. The van der Waals surface area contributed by atoms with Crippen LogP contribution >= 0.6 is 0 Å². The minimum atomic E-state index is 0.990. The first-order valence-corrected chi connectivity index (χ1v) is 8.39. The van der Waals surface area contributed by atoms with Crippen molar-refractivity contribution in [2.24, 2.45) is 0 Å². The first-order chi connectivity index (χ1) is 11.1. The van der Waals surface area contributed by atoms with Crippen molar-refractivity contribution in [3.63, 3.8) is 0 Å². The van der Waals surface area contributed by atoms with Crippen LogP contribution in [-0.4, -0.2) is 57.1 Å². The second-order valence-corrected chi connectivity index (χ2v) is 6.27. The Hall–Kier alpha value is -1.95. The van der Waals surface area contributed by atoms with Gasteiger partial charge in [0.05, 0.1) is 11.4 Å². The zero-order chi connectivity index (χ0) is 16.2. The Morgan fingerprint density at radius 3 is 2.48 bits per heavy atom. The van der Waals surface area contributed by atoms with Crippen molar-refractivity contribution >= 4 is 5.82 Å². The number of piperazine rings is 1. The fraction of sp³-hybridized carbons (Fsp3) is 0.588. The summed E-state index contributed by atoms with van der Waals surface area (Å²) in [5.41, 5.74) is 2.02. The molecule has 3 heterocycles. The molecule has 0 spiro atoms. The first kappa shape index (κ1) is 15.9. The summed E-state index contributed by atoms with van der Waals surface area (Å²) < 4.78 is 2.22. The monoisotopic (exact) mass is 314 g/mol. The maximum atomic E-state index is 4.66. The second-order valence-electron chi connectivity index (χ2n) is 6.27. The van der Waals surface area contributed by atoms with Gasteiger partial charge in [-0.25, -0.2) is 9.97 Å². The molecule has 1 saturated heterocycles. The molecule has 6 nitrogen and oxygen atoms in total. The molecule has 3 rings (SSSR count). The first-order valence-electron chi connectivity index (χ1n) is 8.39. The molecular formula is C17H26N6. The van der Waals surface area contributed by atoms with Crippen molar-refractivity contribution in [2.75, 3.05) is 37.6 Å². The standard InChI is InChI=1S/C17H26N6/c1-14-13-19-15(2)17(20-14)23-11-9-21(10-12-23)6-4-7-22-8-5-18-16(22)3/h5,8,13H,4,6-7,9-12H2,1-3H3. The van der Waals surface area contributed by atoms with Crippen LogP contribution in [-0.2, 0) is 6.54 Å². The molecular weight excluding hydrogens is 288 g/mol. The normalized spacial score (nSPS) is 16.0. The third-order valence-corrected chi connectivity index (χ3v) is 4.52. The predicted octanol–water partition coefficient (Wildman–Crippen LogP) is 1.81. The molecule has 23 heavy (non-hydrogen) atoms. The molecule has 0 aliphatic carbocycles.